The lowest BCUT2D eigenvalue weighted by Crippen LogP contribution is -2.29. The lowest BCUT2D eigenvalue weighted by molar-refractivity contribution is 0.182. The van der Waals surface area contributed by atoms with Gasteiger partial charge in [0.25, 0.3) is 0 Å². The Morgan fingerprint density at radius 1 is 1.11 bits per heavy atom. The first-order valence-corrected chi connectivity index (χ1v) is 7.40. The summed E-state index contributed by atoms with van der Waals surface area (Å²) in [5.74, 6) is 0.917. The molecule has 0 saturated heterocycles. The molecule has 2 unspecified atom stereocenters. The highest BCUT2D eigenvalue weighted by atomic mass is 32.1. The SMILES string of the molecule is Cc1ccc(OC(c2sccc2C)C(C)N)c(C)c1. The van der Waals surface area contributed by atoms with Crippen LogP contribution in [-0.2, 0) is 0 Å². The summed E-state index contributed by atoms with van der Waals surface area (Å²) < 4.78 is 6.17. The number of thiophene rings is 1. The van der Waals surface area contributed by atoms with E-state index in [-0.39, 0.29) is 12.1 Å². The molecule has 1 heterocycles. The maximum atomic E-state index is 6.17. The van der Waals surface area contributed by atoms with E-state index in [1.165, 1.54) is 16.0 Å². The van der Waals surface area contributed by atoms with E-state index >= 15 is 0 Å². The van der Waals surface area contributed by atoms with Crippen molar-refractivity contribution in [1.82, 2.24) is 0 Å². The Kier molecular flexibility index (Phi) is 4.27. The summed E-state index contributed by atoms with van der Waals surface area (Å²) in [6.07, 6.45) is -0.0820. The van der Waals surface area contributed by atoms with Crippen LogP contribution in [-0.4, -0.2) is 6.04 Å². The standard InChI is InChI=1S/C16H21NOS/c1-10-5-6-14(12(3)9-10)18-15(13(4)17)16-11(2)7-8-19-16/h5-9,13,15H,17H2,1-4H3. The average molecular weight is 275 g/mol. The Hall–Kier alpha value is -1.32. The van der Waals surface area contributed by atoms with Crippen molar-refractivity contribution in [3.05, 3.63) is 51.2 Å². The van der Waals surface area contributed by atoms with E-state index in [0.29, 0.717) is 0 Å². The molecule has 1 aromatic heterocycles. The molecule has 2 rings (SSSR count). The molecule has 2 atom stereocenters. The maximum absolute atomic E-state index is 6.17. The third-order valence-electron chi connectivity index (χ3n) is 3.22. The normalized spacial score (nSPS) is 14.2. The monoisotopic (exact) mass is 275 g/mol. The zero-order valence-corrected chi connectivity index (χ0v) is 12.8. The van der Waals surface area contributed by atoms with Gasteiger partial charge in [-0.05, 0) is 56.3 Å². The van der Waals surface area contributed by atoms with Crippen LogP contribution in [0.25, 0.3) is 0 Å². The van der Waals surface area contributed by atoms with Crippen LogP contribution in [0.15, 0.2) is 29.6 Å². The molecule has 0 fully saturated rings. The van der Waals surface area contributed by atoms with E-state index in [0.717, 1.165) is 11.3 Å². The second-order valence-electron chi connectivity index (χ2n) is 5.13. The van der Waals surface area contributed by atoms with E-state index in [1.54, 1.807) is 11.3 Å². The first-order valence-electron chi connectivity index (χ1n) is 6.52. The molecule has 19 heavy (non-hydrogen) atoms. The second kappa shape index (κ2) is 5.76. The fraction of sp³-hybridized carbons (Fsp3) is 0.375. The molecule has 0 aliphatic heterocycles. The zero-order valence-electron chi connectivity index (χ0n) is 11.9. The predicted molar refractivity (Wildman–Crippen MR) is 82.0 cm³/mol. The number of nitrogens with two attached hydrogens (primary N) is 1. The fourth-order valence-corrected chi connectivity index (χ4v) is 3.21. The van der Waals surface area contributed by atoms with E-state index in [9.17, 15) is 0 Å². The molecule has 0 radical (unpaired) electrons. The summed E-state index contributed by atoms with van der Waals surface area (Å²) in [6, 6.07) is 8.30. The van der Waals surface area contributed by atoms with Crippen molar-refractivity contribution in [3.8, 4) is 5.75 Å². The molecular formula is C16H21NOS. The third kappa shape index (κ3) is 3.17. The average Bonchev–Trinajstić information content (AvgIpc) is 2.74. The Bertz CT molecular complexity index is 560. The van der Waals surface area contributed by atoms with Gasteiger partial charge in [0.2, 0.25) is 0 Å². The highest BCUT2D eigenvalue weighted by molar-refractivity contribution is 7.10. The summed E-state index contributed by atoms with van der Waals surface area (Å²) in [5, 5.41) is 2.09. The van der Waals surface area contributed by atoms with E-state index in [2.05, 4.69) is 44.4 Å². The van der Waals surface area contributed by atoms with Crippen LogP contribution >= 0.6 is 11.3 Å². The molecule has 0 amide bonds. The lowest BCUT2D eigenvalue weighted by Gasteiger charge is -2.23. The van der Waals surface area contributed by atoms with Gasteiger partial charge < -0.3 is 10.5 Å². The van der Waals surface area contributed by atoms with Gasteiger partial charge >= 0.3 is 0 Å². The molecule has 1 aromatic carbocycles. The molecule has 3 heteroatoms. The molecule has 2 N–H and O–H groups in total. The largest absolute Gasteiger partial charge is 0.483 e. The summed E-state index contributed by atoms with van der Waals surface area (Å²) >= 11 is 1.71. The van der Waals surface area contributed by atoms with Crippen molar-refractivity contribution < 1.29 is 4.74 Å². The van der Waals surface area contributed by atoms with Crippen molar-refractivity contribution in [2.75, 3.05) is 0 Å². The molecule has 2 aromatic rings. The number of benzene rings is 1. The van der Waals surface area contributed by atoms with Crippen LogP contribution < -0.4 is 10.5 Å². The molecule has 0 aliphatic carbocycles. The van der Waals surface area contributed by atoms with E-state index in [4.69, 9.17) is 10.5 Å². The molecule has 0 saturated carbocycles. The van der Waals surface area contributed by atoms with Crippen molar-refractivity contribution in [3.63, 3.8) is 0 Å². The number of aryl methyl sites for hydroxylation is 3. The van der Waals surface area contributed by atoms with Gasteiger partial charge in [-0.25, -0.2) is 0 Å². The molecule has 0 spiro atoms. The van der Waals surface area contributed by atoms with Gasteiger partial charge in [0.15, 0.2) is 0 Å². The van der Waals surface area contributed by atoms with Gasteiger partial charge in [-0.15, -0.1) is 11.3 Å². The molecule has 2 nitrogen and oxygen atoms in total. The number of hydrogen-bond donors (Lipinski definition) is 1. The summed E-state index contributed by atoms with van der Waals surface area (Å²) in [4.78, 5) is 1.22. The van der Waals surface area contributed by atoms with Crippen LogP contribution in [0.4, 0.5) is 0 Å². The predicted octanol–water partition coefficient (Wildman–Crippen LogP) is 4.14. The first kappa shape index (κ1) is 14.1. The molecule has 0 aliphatic rings. The smallest absolute Gasteiger partial charge is 0.148 e. The Labute approximate surface area is 119 Å². The maximum Gasteiger partial charge on any atom is 0.148 e. The Morgan fingerprint density at radius 2 is 1.84 bits per heavy atom. The van der Waals surface area contributed by atoms with Crippen molar-refractivity contribution >= 4 is 11.3 Å². The van der Waals surface area contributed by atoms with Gasteiger partial charge in [0, 0.05) is 10.9 Å². The van der Waals surface area contributed by atoms with Gasteiger partial charge in [0.05, 0.1) is 0 Å². The van der Waals surface area contributed by atoms with Crippen molar-refractivity contribution in [1.29, 1.82) is 0 Å². The number of ether oxygens (including phenoxy) is 1. The van der Waals surface area contributed by atoms with Crippen LogP contribution in [0, 0.1) is 20.8 Å². The quantitative estimate of drug-likeness (QED) is 0.910. The zero-order chi connectivity index (χ0) is 14.0. The van der Waals surface area contributed by atoms with Gasteiger partial charge in [-0.3, -0.25) is 0 Å². The van der Waals surface area contributed by atoms with Crippen LogP contribution in [0.5, 0.6) is 5.75 Å². The van der Waals surface area contributed by atoms with Crippen molar-refractivity contribution in [2.45, 2.75) is 39.8 Å². The summed E-state index contributed by atoms with van der Waals surface area (Å²) in [6.45, 7) is 8.25. The fourth-order valence-electron chi connectivity index (χ4n) is 2.14. The Balaban J connectivity index is 2.29. The van der Waals surface area contributed by atoms with Gasteiger partial charge in [-0.1, -0.05) is 17.7 Å². The minimum atomic E-state index is -0.0820. The van der Waals surface area contributed by atoms with Crippen LogP contribution in [0.1, 0.15) is 34.6 Å². The highest BCUT2D eigenvalue weighted by Crippen LogP contribution is 2.32. The van der Waals surface area contributed by atoms with E-state index in [1.807, 2.05) is 13.0 Å². The Morgan fingerprint density at radius 3 is 2.37 bits per heavy atom. The summed E-state index contributed by atoms with van der Waals surface area (Å²) in [7, 11) is 0. The van der Waals surface area contributed by atoms with E-state index < -0.39 is 0 Å². The minimum absolute atomic E-state index is 0.0435. The van der Waals surface area contributed by atoms with Crippen LogP contribution in [0.3, 0.4) is 0 Å². The topological polar surface area (TPSA) is 35.2 Å². The van der Waals surface area contributed by atoms with Crippen LogP contribution in [0.2, 0.25) is 0 Å². The number of hydrogen-bond acceptors (Lipinski definition) is 3. The minimum Gasteiger partial charge on any atom is -0.483 e. The molecule has 102 valence electrons. The number of rotatable bonds is 4. The lowest BCUT2D eigenvalue weighted by atomic mass is 10.1. The van der Waals surface area contributed by atoms with Crippen molar-refractivity contribution in [2.24, 2.45) is 5.73 Å². The molecule has 0 bridgehead atoms. The van der Waals surface area contributed by atoms with Gasteiger partial charge in [-0.2, -0.15) is 0 Å². The highest BCUT2D eigenvalue weighted by Gasteiger charge is 2.22. The van der Waals surface area contributed by atoms with Gasteiger partial charge in [0.1, 0.15) is 11.9 Å². The first-order chi connectivity index (χ1) is 8.99. The molecular weight excluding hydrogens is 254 g/mol. The third-order valence-corrected chi connectivity index (χ3v) is 4.30. The second-order valence-corrected chi connectivity index (χ2v) is 6.08. The summed E-state index contributed by atoms with van der Waals surface area (Å²) in [5.41, 5.74) is 9.75.